The normalized spacial score (nSPS) is 10.3. The van der Waals surface area contributed by atoms with Gasteiger partial charge in [0, 0.05) is 31.7 Å². The van der Waals surface area contributed by atoms with Crippen LogP contribution in [0, 0.1) is 0 Å². The number of carbonyl (C=O) groups is 2. The standard InChI is InChI=1S/C12H16N6O3/c19-11(20)8-18-7-10(6-15-18)16-12(21)14-2-1-4-17-5-3-13-9-17/h3,5-7,9H,1-2,4,8H2,(H,19,20)(H2,14,16,21). The highest BCUT2D eigenvalue weighted by molar-refractivity contribution is 5.88. The third-order valence-electron chi connectivity index (χ3n) is 2.63. The van der Waals surface area contributed by atoms with E-state index in [9.17, 15) is 9.59 Å². The quantitative estimate of drug-likeness (QED) is 0.638. The van der Waals surface area contributed by atoms with E-state index in [-0.39, 0.29) is 12.6 Å². The minimum Gasteiger partial charge on any atom is -0.480 e. The molecule has 0 spiro atoms. The van der Waals surface area contributed by atoms with Gasteiger partial charge in [0.05, 0.1) is 18.2 Å². The van der Waals surface area contributed by atoms with E-state index in [1.807, 2.05) is 10.8 Å². The van der Waals surface area contributed by atoms with Crippen LogP contribution in [0.4, 0.5) is 10.5 Å². The average molecular weight is 292 g/mol. The molecule has 2 rings (SSSR count). The summed E-state index contributed by atoms with van der Waals surface area (Å²) in [7, 11) is 0. The van der Waals surface area contributed by atoms with Crippen molar-refractivity contribution in [2.75, 3.05) is 11.9 Å². The van der Waals surface area contributed by atoms with Crippen LogP contribution >= 0.6 is 0 Å². The Hall–Kier alpha value is -2.84. The molecule has 0 fully saturated rings. The first kappa shape index (κ1) is 14.6. The minimum atomic E-state index is -0.992. The number of aryl methyl sites for hydroxylation is 1. The number of carboxylic acid groups (broad SMARTS) is 1. The molecule has 0 unspecified atom stereocenters. The van der Waals surface area contributed by atoms with E-state index < -0.39 is 5.97 Å². The summed E-state index contributed by atoms with van der Waals surface area (Å²) in [6, 6.07) is -0.351. The van der Waals surface area contributed by atoms with Crippen LogP contribution in [0.1, 0.15) is 6.42 Å². The summed E-state index contributed by atoms with van der Waals surface area (Å²) < 4.78 is 3.16. The summed E-state index contributed by atoms with van der Waals surface area (Å²) in [4.78, 5) is 26.0. The molecule has 0 aliphatic rings. The Bertz CT molecular complexity index is 592. The smallest absolute Gasteiger partial charge is 0.325 e. The largest absolute Gasteiger partial charge is 0.480 e. The van der Waals surface area contributed by atoms with Crippen LogP contribution in [0.25, 0.3) is 0 Å². The second-order valence-electron chi connectivity index (χ2n) is 4.36. The fourth-order valence-corrected chi connectivity index (χ4v) is 1.71. The van der Waals surface area contributed by atoms with Crippen LogP contribution in [-0.4, -0.2) is 43.0 Å². The molecule has 0 aliphatic carbocycles. The number of aromatic nitrogens is 4. The van der Waals surface area contributed by atoms with Crippen molar-refractivity contribution in [3.05, 3.63) is 31.1 Å². The number of hydrogen-bond acceptors (Lipinski definition) is 4. The number of amides is 2. The first-order chi connectivity index (χ1) is 10.1. The zero-order valence-corrected chi connectivity index (χ0v) is 11.3. The molecule has 9 nitrogen and oxygen atoms in total. The van der Waals surface area contributed by atoms with Gasteiger partial charge in [0.2, 0.25) is 0 Å². The Balaban J connectivity index is 1.67. The molecule has 0 saturated carbocycles. The van der Waals surface area contributed by atoms with Gasteiger partial charge in [0.15, 0.2) is 0 Å². The van der Waals surface area contributed by atoms with Crippen LogP contribution in [0.3, 0.4) is 0 Å². The van der Waals surface area contributed by atoms with Crippen molar-refractivity contribution in [1.82, 2.24) is 24.6 Å². The van der Waals surface area contributed by atoms with E-state index >= 15 is 0 Å². The monoisotopic (exact) mass is 292 g/mol. The van der Waals surface area contributed by atoms with Gasteiger partial charge in [-0.2, -0.15) is 5.10 Å². The highest BCUT2D eigenvalue weighted by Crippen LogP contribution is 2.04. The van der Waals surface area contributed by atoms with E-state index in [1.54, 1.807) is 12.5 Å². The maximum Gasteiger partial charge on any atom is 0.325 e. The summed E-state index contributed by atoms with van der Waals surface area (Å²) in [6.45, 7) is 1.05. The number of anilines is 1. The fourth-order valence-electron chi connectivity index (χ4n) is 1.71. The van der Waals surface area contributed by atoms with E-state index in [0.29, 0.717) is 12.2 Å². The highest BCUT2D eigenvalue weighted by atomic mass is 16.4. The number of rotatable bonds is 7. The first-order valence-electron chi connectivity index (χ1n) is 6.38. The number of carbonyl (C=O) groups excluding carboxylic acids is 1. The third kappa shape index (κ3) is 4.97. The van der Waals surface area contributed by atoms with Gasteiger partial charge < -0.3 is 20.3 Å². The van der Waals surface area contributed by atoms with Gasteiger partial charge in [-0.05, 0) is 6.42 Å². The highest BCUT2D eigenvalue weighted by Gasteiger charge is 2.05. The van der Waals surface area contributed by atoms with Gasteiger partial charge >= 0.3 is 12.0 Å². The SMILES string of the molecule is O=C(O)Cn1cc(NC(=O)NCCCn2ccnc2)cn1. The van der Waals surface area contributed by atoms with E-state index in [4.69, 9.17) is 5.11 Å². The second-order valence-corrected chi connectivity index (χ2v) is 4.36. The molecule has 2 amide bonds. The second kappa shape index (κ2) is 7.08. The molecule has 2 aromatic heterocycles. The van der Waals surface area contributed by atoms with Crippen LogP contribution in [0.5, 0.6) is 0 Å². The molecule has 9 heteroatoms. The summed E-state index contributed by atoms with van der Waals surface area (Å²) in [5.41, 5.74) is 0.448. The van der Waals surface area contributed by atoms with Crippen LogP contribution in [-0.2, 0) is 17.9 Å². The van der Waals surface area contributed by atoms with Gasteiger partial charge in [-0.1, -0.05) is 0 Å². The average Bonchev–Trinajstić information content (AvgIpc) is 3.06. The van der Waals surface area contributed by atoms with Crippen molar-refractivity contribution in [2.24, 2.45) is 0 Å². The van der Waals surface area contributed by atoms with E-state index in [1.165, 1.54) is 17.1 Å². The maximum atomic E-state index is 11.6. The molecule has 0 radical (unpaired) electrons. The molecule has 0 aliphatic heterocycles. The lowest BCUT2D eigenvalue weighted by molar-refractivity contribution is -0.137. The molecular formula is C12H16N6O3. The third-order valence-corrected chi connectivity index (χ3v) is 2.63. The van der Waals surface area contributed by atoms with Crippen LogP contribution in [0.2, 0.25) is 0 Å². The molecular weight excluding hydrogens is 276 g/mol. The Labute approximate surface area is 120 Å². The Morgan fingerprint density at radius 1 is 1.38 bits per heavy atom. The number of imidazole rings is 1. The van der Waals surface area contributed by atoms with Crippen molar-refractivity contribution in [2.45, 2.75) is 19.5 Å². The Morgan fingerprint density at radius 2 is 2.24 bits per heavy atom. The lowest BCUT2D eigenvalue weighted by Crippen LogP contribution is -2.29. The molecule has 3 N–H and O–H groups in total. The van der Waals surface area contributed by atoms with Crippen molar-refractivity contribution >= 4 is 17.7 Å². The lowest BCUT2D eigenvalue weighted by atomic mass is 10.4. The van der Waals surface area contributed by atoms with Crippen molar-refractivity contribution in [1.29, 1.82) is 0 Å². The van der Waals surface area contributed by atoms with Crippen LogP contribution in [0.15, 0.2) is 31.1 Å². The number of hydrogen-bond donors (Lipinski definition) is 3. The summed E-state index contributed by atoms with van der Waals surface area (Å²) >= 11 is 0. The maximum absolute atomic E-state index is 11.6. The summed E-state index contributed by atoms with van der Waals surface area (Å²) in [6.07, 6.45) is 8.91. The predicted octanol–water partition coefficient (Wildman–Crippen LogP) is 0.376. The van der Waals surface area contributed by atoms with Gasteiger partial charge in [0.1, 0.15) is 6.54 Å². The lowest BCUT2D eigenvalue weighted by Gasteiger charge is -2.06. The molecule has 0 aromatic carbocycles. The fraction of sp³-hybridized carbons (Fsp3) is 0.333. The summed E-state index contributed by atoms with van der Waals surface area (Å²) in [5.74, 6) is -0.992. The summed E-state index contributed by atoms with van der Waals surface area (Å²) in [5, 5.41) is 17.7. The molecule has 2 heterocycles. The van der Waals surface area contributed by atoms with Gasteiger partial charge in [-0.3, -0.25) is 9.48 Å². The molecule has 2 aromatic rings. The minimum absolute atomic E-state index is 0.242. The number of urea groups is 1. The number of nitrogens with one attached hydrogen (secondary N) is 2. The van der Waals surface area contributed by atoms with Crippen molar-refractivity contribution < 1.29 is 14.7 Å². The first-order valence-corrected chi connectivity index (χ1v) is 6.38. The zero-order valence-electron chi connectivity index (χ0n) is 11.3. The van der Waals surface area contributed by atoms with Crippen molar-refractivity contribution in [3.8, 4) is 0 Å². The molecule has 112 valence electrons. The molecule has 21 heavy (non-hydrogen) atoms. The Kier molecular flexibility index (Phi) is 4.91. The number of nitrogens with zero attached hydrogens (tertiary/aromatic N) is 4. The number of aliphatic carboxylic acids is 1. The van der Waals surface area contributed by atoms with Crippen molar-refractivity contribution in [3.63, 3.8) is 0 Å². The van der Waals surface area contributed by atoms with E-state index in [2.05, 4.69) is 20.7 Å². The van der Waals surface area contributed by atoms with Gasteiger partial charge in [-0.15, -0.1) is 0 Å². The van der Waals surface area contributed by atoms with Gasteiger partial charge in [-0.25, -0.2) is 9.78 Å². The zero-order chi connectivity index (χ0) is 15.1. The number of carboxylic acids is 1. The Morgan fingerprint density at radius 3 is 2.95 bits per heavy atom. The topological polar surface area (TPSA) is 114 Å². The van der Waals surface area contributed by atoms with Gasteiger partial charge in [0.25, 0.3) is 0 Å². The predicted molar refractivity (Wildman–Crippen MR) is 73.7 cm³/mol. The molecule has 0 saturated heterocycles. The van der Waals surface area contributed by atoms with E-state index in [0.717, 1.165) is 13.0 Å². The molecule has 0 bridgehead atoms. The molecule has 0 atom stereocenters. The van der Waals surface area contributed by atoms with Crippen LogP contribution < -0.4 is 10.6 Å².